The number of amides is 1. The quantitative estimate of drug-likeness (QED) is 0.437. The number of aromatic nitrogens is 4. The first-order valence-corrected chi connectivity index (χ1v) is 12.7. The van der Waals surface area contributed by atoms with Gasteiger partial charge >= 0.3 is 0 Å². The van der Waals surface area contributed by atoms with Crippen molar-refractivity contribution in [3.8, 4) is 6.07 Å². The van der Waals surface area contributed by atoms with Gasteiger partial charge in [-0.2, -0.15) is 5.26 Å². The third kappa shape index (κ3) is 4.55. The predicted octanol–water partition coefficient (Wildman–Crippen LogP) is 5.70. The van der Waals surface area contributed by atoms with Gasteiger partial charge in [-0.25, -0.2) is 15.0 Å². The van der Waals surface area contributed by atoms with E-state index in [-0.39, 0.29) is 11.9 Å². The molecule has 182 valence electrons. The first-order chi connectivity index (χ1) is 16.8. The summed E-state index contributed by atoms with van der Waals surface area (Å²) in [5, 5.41) is 13.2. The summed E-state index contributed by atoms with van der Waals surface area (Å²) in [6, 6.07) is 5.26. The Morgan fingerprint density at radius 1 is 1.23 bits per heavy atom. The maximum absolute atomic E-state index is 12.0. The van der Waals surface area contributed by atoms with Crippen LogP contribution >= 0.6 is 23.2 Å². The molecule has 0 radical (unpaired) electrons. The van der Waals surface area contributed by atoms with Gasteiger partial charge in [-0.3, -0.25) is 9.36 Å². The molecule has 0 unspecified atom stereocenters. The second-order valence-electron chi connectivity index (χ2n) is 10.0. The van der Waals surface area contributed by atoms with Gasteiger partial charge in [0.1, 0.15) is 11.3 Å². The standard InChI is InChI=1S/C25H27Cl2N7O/c1-25(23(29)35)7-5-16(6-8-25)34-22-19(13-30-20(32-22)11-14-3-2-4-14)31-24(34)33-21-17(26)9-15(12-28)10-18(21)27/h9-10,13-14,16H,2-8,11H2,1H3,(H2,29,35)(H,31,33). The van der Waals surface area contributed by atoms with Gasteiger partial charge in [0.15, 0.2) is 5.65 Å². The van der Waals surface area contributed by atoms with Crippen molar-refractivity contribution in [1.29, 1.82) is 5.26 Å². The molecule has 0 bridgehead atoms. The molecular formula is C25H27Cl2N7O. The highest BCUT2D eigenvalue weighted by molar-refractivity contribution is 6.39. The van der Waals surface area contributed by atoms with Gasteiger partial charge in [0.25, 0.3) is 0 Å². The fraction of sp³-hybridized carbons (Fsp3) is 0.480. The highest BCUT2D eigenvalue weighted by Gasteiger charge is 2.37. The van der Waals surface area contributed by atoms with Gasteiger partial charge in [0.2, 0.25) is 11.9 Å². The van der Waals surface area contributed by atoms with Crippen LogP contribution in [0.1, 0.15) is 69.3 Å². The molecule has 2 saturated carbocycles. The number of benzene rings is 1. The summed E-state index contributed by atoms with van der Waals surface area (Å²) < 4.78 is 2.09. The molecule has 2 heterocycles. The maximum Gasteiger partial charge on any atom is 0.223 e. The number of anilines is 2. The third-order valence-corrected chi connectivity index (χ3v) is 8.20. The van der Waals surface area contributed by atoms with Gasteiger partial charge in [0, 0.05) is 17.9 Å². The van der Waals surface area contributed by atoms with Crippen LogP contribution in [0.3, 0.4) is 0 Å². The van der Waals surface area contributed by atoms with Crippen molar-refractivity contribution >= 4 is 51.9 Å². The number of primary amides is 1. The number of nitrogens with one attached hydrogen (secondary N) is 1. The van der Waals surface area contributed by atoms with Crippen molar-refractivity contribution in [1.82, 2.24) is 19.5 Å². The molecule has 1 amide bonds. The Morgan fingerprint density at radius 3 is 2.49 bits per heavy atom. The molecule has 3 aromatic rings. The van der Waals surface area contributed by atoms with Crippen LogP contribution in [0.15, 0.2) is 18.3 Å². The van der Waals surface area contributed by atoms with Gasteiger partial charge < -0.3 is 11.1 Å². The van der Waals surface area contributed by atoms with Crippen LogP contribution in [-0.4, -0.2) is 25.4 Å². The topological polar surface area (TPSA) is 123 Å². The minimum atomic E-state index is -0.509. The van der Waals surface area contributed by atoms with E-state index in [1.807, 2.05) is 6.92 Å². The van der Waals surface area contributed by atoms with Crippen molar-refractivity contribution in [2.24, 2.45) is 17.1 Å². The highest BCUT2D eigenvalue weighted by atomic mass is 35.5. The summed E-state index contributed by atoms with van der Waals surface area (Å²) in [6.07, 6.45) is 9.24. The third-order valence-electron chi connectivity index (χ3n) is 7.61. The molecule has 2 aliphatic rings. The number of rotatable bonds is 6. The average Bonchev–Trinajstić information content (AvgIpc) is 3.16. The average molecular weight is 512 g/mol. The van der Waals surface area contributed by atoms with Crippen LogP contribution in [0.5, 0.6) is 0 Å². The summed E-state index contributed by atoms with van der Waals surface area (Å²) in [5.74, 6) is 1.76. The Morgan fingerprint density at radius 2 is 1.91 bits per heavy atom. The summed E-state index contributed by atoms with van der Waals surface area (Å²) in [4.78, 5) is 26.3. The zero-order chi connectivity index (χ0) is 24.7. The van der Waals surface area contributed by atoms with E-state index < -0.39 is 5.41 Å². The van der Waals surface area contributed by atoms with Gasteiger partial charge in [-0.05, 0) is 43.7 Å². The Bertz CT molecular complexity index is 1310. The number of halogens is 2. The number of imidazole rings is 1. The van der Waals surface area contributed by atoms with Crippen LogP contribution in [0, 0.1) is 22.7 Å². The number of hydrogen-bond acceptors (Lipinski definition) is 6. The van der Waals surface area contributed by atoms with Gasteiger partial charge in [-0.1, -0.05) is 49.4 Å². The van der Waals surface area contributed by atoms with E-state index in [4.69, 9.17) is 38.9 Å². The van der Waals surface area contributed by atoms with E-state index in [1.54, 1.807) is 18.3 Å². The molecular weight excluding hydrogens is 485 g/mol. The van der Waals surface area contributed by atoms with Gasteiger partial charge in [0.05, 0.1) is 33.6 Å². The molecule has 10 heteroatoms. The Kier molecular flexibility index (Phi) is 6.32. The second kappa shape index (κ2) is 9.29. The molecule has 1 aromatic carbocycles. The van der Waals surface area contributed by atoms with E-state index in [0.717, 1.165) is 30.7 Å². The number of fused-ring (bicyclic) bond motifs is 1. The van der Waals surface area contributed by atoms with Crippen molar-refractivity contribution in [2.75, 3.05) is 5.32 Å². The molecule has 2 aliphatic carbocycles. The molecule has 8 nitrogen and oxygen atoms in total. The lowest BCUT2D eigenvalue weighted by molar-refractivity contribution is -0.128. The first kappa shape index (κ1) is 23.8. The van der Waals surface area contributed by atoms with Crippen molar-refractivity contribution < 1.29 is 4.79 Å². The molecule has 35 heavy (non-hydrogen) atoms. The van der Waals surface area contributed by atoms with Crippen molar-refractivity contribution in [3.05, 3.63) is 39.8 Å². The number of nitrogens with two attached hydrogens (primary N) is 1. The minimum Gasteiger partial charge on any atom is -0.369 e. The molecule has 2 fully saturated rings. The number of carbonyl (C=O) groups is 1. The normalized spacial score (nSPS) is 22.5. The molecule has 2 aromatic heterocycles. The Labute approximate surface area is 213 Å². The Hall–Kier alpha value is -2.89. The smallest absolute Gasteiger partial charge is 0.223 e. The lowest BCUT2D eigenvalue weighted by Crippen LogP contribution is -2.38. The lowest BCUT2D eigenvalue weighted by Gasteiger charge is -2.35. The van der Waals surface area contributed by atoms with Gasteiger partial charge in [-0.15, -0.1) is 0 Å². The number of hydrogen-bond donors (Lipinski definition) is 2. The van der Waals surface area contributed by atoms with Crippen molar-refractivity contribution in [3.63, 3.8) is 0 Å². The summed E-state index contributed by atoms with van der Waals surface area (Å²) in [7, 11) is 0. The van der Waals surface area contributed by atoms with E-state index >= 15 is 0 Å². The molecule has 3 N–H and O–H groups in total. The predicted molar refractivity (Wildman–Crippen MR) is 136 cm³/mol. The van der Waals surface area contributed by atoms with E-state index in [0.29, 0.717) is 51.5 Å². The Balaban J connectivity index is 1.55. The van der Waals surface area contributed by atoms with Crippen LogP contribution in [0.25, 0.3) is 11.2 Å². The molecule has 0 atom stereocenters. The minimum absolute atomic E-state index is 0.0670. The number of nitrogens with zero attached hydrogens (tertiary/aromatic N) is 5. The van der Waals surface area contributed by atoms with Crippen LogP contribution in [0.2, 0.25) is 10.0 Å². The van der Waals surface area contributed by atoms with E-state index in [2.05, 4.69) is 20.9 Å². The van der Waals surface area contributed by atoms with Crippen molar-refractivity contribution in [2.45, 2.75) is 64.3 Å². The monoisotopic (exact) mass is 511 g/mol. The maximum atomic E-state index is 12.0. The molecule has 5 rings (SSSR count). The molecule has 0 saturated heterocycles. The van der Waals surface area contributed by atoms with Crippen LogP contribution < -0.4 is 11.1 Å². The molecule has 0 aliphatic heterocycles. The summed E-state index contributed by atoms with van der Waals surface area (Å²) in [6.45, 7) is 1.94. The number of carbonyl (C=O) groups excluding carboxylic acids is 1. The zero-order valence-electron chi connectivity index (χ0n) is 19.5. The lowest BCUT2D eigenvalue weighted by atomic mass is 9.73. The summed E-state index contributed by atoms with van der Waals surface area (Å²) >= 11 is 12.9. The fourth-order valence-electron chi connectivity index (χ4n) is 5.03. The highest BCUT2D eigenvalue weighted by Crippen LogP contribution is 2.43. The van der Waals surface area contributed by atoms with Crippen LogP contribution in [0.4, 0.5) is 11.6 Å². The number of nitriles is 1. The van der Waals surface area contributed by atoms with E-state index in [9.17, 15) is 10.1 Å². The van der Waals surface area contributed by atoms with Crippen LogP contribution in [-0.2, 0) is 11.2 Å². The SMILES string of the molecule is CC1(C(N)=O)CCC(n2c(Nc3c(Cl)cc(C#N)cc3Cl)nc3cnc(CC4CCC4)nc32)CC1. The second-order valence-corrected chi connectivity index (χ2v) is 10.8. The summed E-state index contributed by atoms with van der Waals surface area (Å²) in [5.41, 5.74) is 7.46. The van der Waals surface area contributed by atoms with E-state index in [1.165, 1.54) is 19.3 Å². The fourth-order valence-corrected chi connectivity index (χ4v) is 5.61. The largest absolute Gasteiger partial charge is 0.369 e. The molecule has 0 spiro atoms. The first-order valence-electron chi connectivity index (χ1n) is 12.0. The zero-order valence-corrected chi connectivity index (χ0v) is 21.0.